The Morgan fingerprint density at radius 2 is 2.19 bits per heavy atom. The van der Waals surface area contributed by atoms with E-state index in [9.17, 15) is 4.79 Å². The number of carbonyl (C=O) groups is 1. The van der Waals surface area contributed by atoms with Gasteiger partial charge in [0.25, 0.3) is 0 Å². The normalized spacial score (nSPS) is 16.2. The van der Waals surface area contributed by atoms with E-state index in [4.69, 9.17) is 18.0 Å². The molecule has 0 rings (SSSR count). The minimum atomic E-state index is -0.714. The van der Waals surface area contributed by atoms with E-state index in [0.717, 1.165) is 5.75 Å². The van der Waals surface area contributed by atoms with Crippen molar-refractivity contribution < 1.29 is 4.79 Å². The topological polar surface area (TPSA) is 55.1 Å². The Morgan fingerprint density at radius 3 is 2.56 bits per heavy atom. The van der Waals surface area contributed by atoms with Crippen LogP contribution in [0.5, 0.6) is 0 Å². The van der Waals surface area contributed by atoms with Crippen LogP contribution in [0.4, 0.5) is 0 Å². The summed E-state index contributed by atoms with van der Waals surface area (Å²) in [6.07, 6.45) is 2.69. The third-order valence-corrected chi connectivity index (χ3v) is 4.17. The first kappa shape index (κ1) is 15.7. The van der Waals surface area contributed by atoms with E-state index >= 15 is 0 Å². The van der Waals surface area contributed by atoms with Gasteiger partial charge in [-0.05, 0) is 31.3 Å². The third kappa shape index (κ3) is 4.29. The lowest BCUT2D eigenvalue weighted by Gasteiger charge is -2.26. The van der Waals surface area contributed by atoms with E-state index in [1.54, 1.807) is 18.7 Å². The van der Waals surface area contributed by atoms with Crippen LogP contribution in [0.25, 0.3) is 0 Å². The van der Waals surface area contributed by atoms with Crippen molar-refractivity contribution in [3.8, 4) is 0 Å². The summed E-state index contributed by atoms with van der Waals surface area (Å²) >= 11 is 6.73. The lowest BCUT2D eigenvalue weighted by atomic mass is 9.86. The quantitative estimate of drug-likeness (QED) is 0.687. The van der Waals surface area contributed by atoms with E-state index in [0.29, 0.717) is 18.9 Å². The van der Waals surface area contributed by atoms with Crippen molar-refractivity contribution >= 4 is 34.9 Å². The maximum atomic E-state index is 12.0. The molecule has 3 N–H and O–H groups in total. The number of rotatable bonds is 7. The van der Waals surface area contributed by atoms with Gasteiger partial charge in [0.15, 0.2) is 0 Å². The number of thioether (sulfide) groups is 1. The molecule has 16 heavy (non-hydrogen) atoms. The second kappa shape index (κ2) is 7.12. The van der Waals surface area contributed by atoms with Gasteiger partial charge in [-0.2, -0.15) is 11.8 Å². The molecule has 94 valence electrons. The zero-order valence-corrected chi connectivity index (χ0v) is 12.1. The van der Waals surface area contributed by atoms with Crippen LogP contribution in [-0.2, 0) is 4.79 Å². The van der Waals surface area contributed by atoms with Crippen molar-refractivity contribution in [2.45, 2.75) is 27.2 Å². The highest BCUT2D eigenvalue weighted by Crippen LogP contribution is 2.21. The molecular formula is C11H22N2OS2. The molecule has 0 aliphatic heterocycles. The van der Waals surface area contributed by atoms with Crippen LogP contribution in [0.1, 0.15) is 27.2 Å². The summed E-state index contributed by atoms with van der Waals surface area (Å²) in [5, 5.41) is 2.92. The fourth-order valence-corrected chi connectivity index (χ4v) is 2.18. The molecule has 0 aromatic carbocycles. The van der Waals surface area contributed by atoms with Gasteiger partial charge in [-0.25, -0.2) is 0 Å². The smallest absolute Gasteiger partial charge is 0.232 e. The van der Waals surface area contributed by atoms with Gasteiger partial charge in [0.1, 0.15) is 0 Å². The van der Waals surface area contributed by atoms with Crippen LogP contribution in [-0.4, -0.2) is 29.4 Å². The Hall–Kier alpha value is -0.290. The van der Waals surface area contributed by atoms with Gasteiger partial charge in [0.05, 0.1) is 10.4 Å². The van der Waals surface area contributed by atoms with Crippen LogP contribution in [0.15, 0.2) is 0 Å². The molecule has 2 unspecified atom stereocenters. The molecule has 0 fully saturated rings. The molecule has 1 amide bonds. The molecule has 0 heterocycles. The standard InChI is InChI=1S/C11H22N2OS2/c1-5-11(3,9(12)15)10(14)13-6-8(2)7-16-4/h8H,5-7H2,1-4H3,(H2,12,15)(H,13,14). The number of carbonyl (C=O) groups excluding carboxylic acids is 1. The number of amides is 1. The van der Waals surface area contributed by atoms with Gasteiger partial charge in [0.2, 0.25) is 5.91 Å². The lowest BCUT2D eigenvalue weighted by Crippen LogP contribution is -2.47. The van der Waals surface area contributed by atoms with E-state index in [-0.39, 0.29) is 10.9 Å². The number of nitrogens with two attached hydrogens (primary N) is 1. The molecule has 0 spiro atoms. The highest BCUT2D eigenvalue weighted by molar-refractivity contribution is 7.98. The van der Waals surface area contributed by atoms with E-state index in [1.165, 1.54) is 0 Å². The first-order valence-corrected chi connectivity index (χ1v) is 7.25. The van der Waals surface area contributed by atoms with Crippen molar-refractivity contribution in [3.63, 3.8) is 0 Å². The first-order chi connectivity index (χ1) is 7.38. The van der Waals surface area contributed by atoms with Crippen molar-refractivity contribution in [2.24, 2.45) is 17.1 Å². The van der Waals surface area contributed by atoms with Gasteiger partial charge in [0, 0.05) is 6.54 Å². The van der Waals surface area contributed by atoms with Crippen molar-refractivity contribution in [3.05, 3.63) is 0 Å². The second-order valence-corrected chi connectivity index (χ2v) is 5.67. The molecule has 0 aliphatic carbocycles. The fourth-order valence-electron chi connectivity index (χ4n) is 1.25. The number of hydrogen-bond donors (Lipinski definition) is 2. The zero-order chi connectivity index (χ0) is 12.8. The minimum absolute atomic E-state index is 0.0598. The third-order valence-electron chi connectivity index (χ3n) is 2.81. The Morgan fingerprint density at radius 1 is 1.62 bits per heavy atom. The molecule has 5 heteroatoms. The Kier molecular flexibility index (Phi) is 6.99. The van der Waals surface area contributed by atoms with Crippen molar-refractivity contribution in [1.82, 2.24) is 5.32 Å². The Labute approximate surface area is 108 Å². The lowest BCUT2D eigenvalue weighted by molar-refractivity contribution is -0.127. The molecule has 0 aliphatic rings. The molecule has 2 atom stereocenters. The van der Waals surface area contributed by atoms with Crippen LogP contribution >= 0.6 is 24.0 Å². The van der Waals surface area contributed by atoms with Gasteiger partial charge < -0.3 is 11.1 Å². The summed E-state index contributed by atoms with van der Waals surface area (Å²) in [6, 6.07) is 0. The van der Waals surface area contributed by atoms with Crippen LogP contribution in [0.3, 0.4) is 0 Å². The molecule has 0 aromatic rings. The summed E-state index contributed by atoms with van der Waals surface area (Å²) in [4.78, 5) is 12.2. The molecule has 0 radical (unpaired) electrons. The van der Waals surface area contributed by atoms with Crippen molar-refractivity contribution in [2.75, 3.05) is 18.6 Å². The molecule has 3 nitrogen and oxygen atoms in total. The van der Waals surface area contributed by atoms with Crippen LogP contribution < -0.4 is 11.1 Å². The number of nitrogens with one attached hydrogen (secondary N) is 1. The summed E-state index contributed by atoms with van der Waals surface area (Å²) < 4.78 is 0. The summed E-state index contributed by atoms with van der Waals surface area (Å²) in [7, 11) is 0. The largest absolute Gasteiger partial charge is 0.392 e. The minimum Gasteiger partial charge on any atom is -0.392 e. The van der Waals surface area contributed by atoms with Gasteiger partial charge in [-0.3, -0.25) is 4.79 Å². The average molecular weight is 262 g/mol. The van der Waals surface area contributed by atoms with E-state index in [1.807, 2.05) is 6.92 Å². The zero-order valence-electron chi connectivity index (χ0n) is 10.5. The molecule has 0 saturated heterocycles. The summed E-state index contributed by atoms with van der Waals surface area (Å²) in [5.41, 5.74) is 4.90. The highest BCUT2D eigenvalue weighted by atomic mass is 32.2. The highest BCUT2D eigenvalue weighted by Gasteiger charge is 2.34. The summed E-state index contributed by atoms with van der Waals surface area (Å²) in [6.45, 7) is 6.51. The van der Waals surface area contributed by atoms with Crippen LogP contribution in [0, 0.1) is 11.3 Å². The number of thiocarbonyl (C=S) groups is 1. The Bertz CT molecular complexity index is 258. The predicted molar refractivity (Wildman–Crippen MR) is 75.7 cm³/mol. The first-order valence-electron chi connectivity index (χ1n) is 5.45. The fraction of sp³-hybridized carbons (Fsp3) is 0.818. The molecular weight excluding hydrogens is 240 g/mol. The van der Waals surface area contributed by atoms with Crippen molar-refractivity contribution in [1.29, 1.82) is 0 Å². The Balaban J connectivity index is 4.29. The van der Waals surface area contributed by atoms with Gasteiger partial charge in [-0.1, -0.05) is 26.1 Å². The molecule has 0 bridgehead atoms. The monoisotopic (exact) mass is 262 g/mol. The van der Waals surface area contributed by atoms with Crippen LogP contribution in [0.2, 0.25) is 0 Å². The van der Waals surface area contributed by atoms with E-state index in [2.05, 4.69) is 18.5 Å². The predicted octanol–water partition coefficient (Wildman–Crippen LogP) is 1.80. The maximum Gasteiger partial charge on any atom is 0.232 e. The second-order valence-electron chi connectivity index (χ2n) is 4.32. The average Bonchev–Trinajstić information content (AvgIpc) is 2.24. The SMILES string of the molecule is CCC(C)(C(=O)NCC(C)CSC)C(N)=S. The summed E-state index contributed by atoms with van der Waals surface area (Å²) in [5.74, 6) is 1.44. The van der Waals surface area contributed by atoms with Gasteiger partial charge in [-0.15, -0.1) is 0 Å². The molecule has 0 aromatic heterocycles. The molecule has 0 saturated carbocycles. The van der Waals surface area contributed by atoms with Gasteiger partial charge >= 0.3 is 0 Å². The number of hydrogen-bond acceptors (Lipinski definition) is 3. The maximum absolute atomic E-state index is 12.0. The van der Waals surface area contributed by atoms with E-state index < -0.39 is 5.41 Å².